The Kier molecular flexibility index (Phi) is 6.91. The molecule has 1 aromatic carbocycles. The molecule has 0 aliphatic heterocycles. The van der Waals surface area contributed by atoms with Crippen molar-refractivity contribution in [3.8, 4) is 5.69 Å². The summed E-state index contributed by atoms with van der Waals surface area (Å²) in [7, 11) is 0. The van der Waals surface area contributed by atoms with Gasteiger partial charge in [-0.3, -0.25) is 4.79 Å². The highest BCUT2D eigenvalue weighted by Crippen LogP contribution is 2.28. The van der Waals surface area contributed by atoms with Crippen LogP contribution >= 0.6 is 34.8 Å². The molecule has 0 aliphatic rings. The van der Waals surface area contributed by atoms with Gasteiger partial charge in [-0.25, -0.2) is 4.79 Å². The molecular weight excluding hydrogens is 432 g/mol. The Bertz CT molecular complexity index is 942. The molecule has 0 radical (unpaired) electrons. The summed E-state index contributed by atoms with van der Waals surface area (Å²) in [5, 5.41) is 3.40. The van der Waals surface area contributed by atoms with E-state index in [1.54, 1.807) is 0 Å². The largest absolute Gasteiger partial charge is 0.460 e. The van der Waals surface area contributed by atoms with Crippen LogP contribution < -0.4 is 5.56 Å². The van der Waals surface area contributed by atoms with Crippen molar-refractivity contribution >= 4 is 46.8 Å². The summed E-state index contributed by atoms with van der Waals surface area (Å²) in [6, 6.07) is 4.51. The Hall–Kier alpha value is -2.03. The smallest absolute Gasteiger partial charge is 0.418 e. The number of aromatic nitrogens is 2. The molecule has 0 saturated carbocycles. The van der Waals surface area contributed by atoms with E-state index in [1.807, 2.05) is 0 Å². The second-order valence-corrected chi connectivity index (χ2v) is 6.21. The highest BCUT2D eigenvalue weighted by molar-refractivity contribution is 6.43. The number of halogens is 6. The van der Waals surface area contributed by atoms with E-state index < -0.39 is 23.3 Å². The van der Waals surface area contributed by atoms with E-state index in [2.05, 4.69) is 5.10 Å². The van der Waals surface area contributed by atoms with Crippen molar-refractivity contribution in [1.82, 2.24) is 9.78 Å². The Morgan fingerprint density at radius 1 is 1.30 bits per heavy atom. The number of rotatable bonds is 5. The van der Waals surface area contributed by atoms with Crippen molar-refractivity contribution in [2.75, 3.05) is 12.5 Å². The Morgan fingerprint density at radius 2 is 2.00 bits per heavy atom. The number of hydrogen-bond acceptors (Lipinski definition) is 4. The molecule has 11 heteroatoms. The number of carbonyl (C=O) groups is 1. The molecule has 144 valence electrons. The van der Waals surface area contributed by atoms with Gasteiger partial charge in [-0.1, -0.05) is 23.2 Å². The fourth-order valence-electron chi connectivity index (χ4n) is 1.93. The predicted octanol–water partition coefficient (Wildman–Crippen LogP) is 4.27. The Morgan fingerprint density at radius 3 is 2.59 bits per heavy atom. The molecule has 0 N–H and O–H groups in total. The van der Waals surface area contributed by atoms with E-state index in [0.717, 1.165) is 4.68 Å². The zero-order valence-electron chi connectivity index (χ0n) is 13.3. The first kappa shape index (κ1) is 21.3. The van der Waals surface area contributed by atoms with E-state index in [-0.39, 0.29) is 33.8 Å². The van der Waals surface area contributed by atoms with Crippen LogP contribution in [0.4, 0.5) is 13.2 Å². The van der Waals surface area contributed by atoms with Crippen LogP contribution in [-0.2, 0) is 15.7 Å². The minimum absolute atomic E-state index is 0.0386. The van der Waals surface area contributed by atoms with E-state index in [1.165, 1.54) is 24.3 Å². The summed E-state index contributed by atoms with van der Waals surface area (Å²) in [5.74, 6) is -0.738. The summed E-state index contributed by atoms with van der Waals surface area (Å²) in [6.07, 6.45) is -2.96. The van der Waals surface area contributed by atoms with Gasteiger partial charge in [-0.15, -0.1) is 11.6 Å². The first-order valence-electron chi connectivity index (χ1n) is 7.20. The van der Waals surface area contributed by atoms with Gasteiger partial charge in [0, 0.05) is 11.1 Å². The molecule has 5 nitrogen and oxygen atoms in total. The topological polar surface area (TPSA) is 61.2 Å². The quantitative estimate of drug-likeness (QED) is 0.395. The number of alkyl halides is 4. The van der Waals surface area contributed by atoms with Crippen LogP contribution in [0.5, 0.6) is 0 Å². The van der Waals surface area contributed by atoms with Gasteiger partial charge in [0.2, 0.25) is 0 Å². The van der Waals surface area contributed by atoms with E-state index in [0.29, 0.717) is 12.3 Å². The summed E-state index contributed by atoms with van der Waals surface area (Å²) in [5.41, 5.74) is -1.80. The lowest BCUT2D eigenvalue weighted by Gasteiger charge is -2.09. The van der Waals surface area contributed by atoms with Gasteiger partial charge in [-0.2, -0.15) is 23.0 Å². The second-order valence-electron chi connectivity index (χ2n) is 5.02. The second kappa shape index (κ2) is 8.77. The van der Waals surface area contributed by atoms with Crippen LogP contribution in [-0.4, -0.2) is 28.2 Å². The van der Waals surface area contributed by atoms with Crippen LogP contribution in [0.25, 0.3) is 11.8 Å². The number of carbonyl (C=O) groups excluding carboxylic acids is 1. The van der Waals surface area contributed by atoms with Gasteiger partial charge in [0.1, 0.15) is 11.6 Å². The molecule has 27 heavy (non-hydrogen) atoms. The fourth-order valence-corrected chi connectivity index (χ4v) is 2.35. The molecule has 0 saturated heterocycles. The molecule has 1 heterocycles. The maximum absolute atomic E-state index is 12.6. The van der Waals surface area contributed by atoms with Crippen molar-refractivity contribution in [3.05, 3.63) is 62.0 Å². The molecule has 2 aromatic rings. The number of esters is 1. The Balaban J connectivity index is 2.41. The first-order chi connectivity index (χ1) is 12.6. The highest BCUT2D eigenvalue weighted by atomic mass is 35.5. The lowest BCUT2D eigenvalue weighted by atomic mass is 10.2. The Labute approximate surface area is 165 Å². The molecule has 0 spiro atoms. The molecular formula is C16H10Cl3F3N2O3. The summed E-state index contributed by atoms with van der Waals surface area (Å²) >= 11 is 17.3. The SMILES string of the molecule is O=C(OCCCl)C(Cl)=Cc1cc(-n2ncc(C(F)(F)F)cc2=O)ccc1Cl. The van der Waals surface area contributed by atoms with E-state index in [4.69, 9.17) is 39.5 Å². The van der Waals surface area contributed by atoms with Gasteiger partial charge in [0.15, 0.2) is 0 Å². The molecule has 0 atom stereocenters. The van der Waals surface area contributed by atoms with E-state index in [9.17, 15) is 22.8 Å². The van der Waals surface area contributed by atoms with Gasteiger partial charge in [-0.05, 0) is 29.8 Å². The van der Waals surface area contributed by atoms with Crippen molar-refractivity contribution in [3.63, 3.8) is 0 Å². The average molecular weight is 442 g/mol. The molecule has 1 aromatic heterocycles. The zero-order valence-corrected chi connectivity index (χ0v) is 15.5. The first-order valence-corrected chi connectivity index (χ1v) is 8.49. The van der Waals surface area contributed by atoms with Crippen molar-refractivity contribution in [1.29, 1.82) is 0 Å². The monoisotopic (exact) mass is 440 g/mol. The van der Waals surface area contributed by atoms with E-state index >= 15 is 0 Å². The van der Waals surface area contributed by atoms with Gasteiger partial charge in [0.05, 0.1) is 23.3 Å². The minimum Gasteiger partial charge on any atom is -0.460 e. The molecule has 0 amide bonds. The fraction of sp³-hybridized carbons (Fsp3) is 0.188. The molecule has 0 bridgehead atoms. The molecule has 0 unspecified atom stereocenters. The maximum Gasteiger partial charge on any atom is 0.418 e. The summed E-state index contributed by atoms with van der Waals surface area (Å²) in [6.45, 7) is -0.0386. The standard InChI is InChI=1S/C16H10Cl3F3N2O3/c17-3-4-27-15(26)13(19)6-9-5-11(1-2-12(9)18)24-14(25)7-10(8-23-24)16(20,21)22/h1-2,5-8H,3-4H2. The molecule has 2 rings (SSSR count). The van der Waals surface area contributed by atoms with Crippen LogP contribution in [0.2, 0.25) is 5.02 Å². The van der Waals surface area contributed by atoms with Crippen LogP contribution in [0.3, 0.4) is 0 Å². The minimum atomic E-state index is -4.68. The number of nitrogens with zero attached hydrogens (tertiary/aromatic N) is 2. The maximum atomic E-state index is 12.6. The molecule has 0 fully saturated rings. The third kappa shape index (κ3) is 5.47. The zero-order chi connectivity index (χ0) is 20.2. The van der Waals surface area contributed by atoms with Gasteiger partial charge < -0.3 is 4.74 Å². The highest BCUT2D eigenvalue weighted by Gasteiger charge is 2.31. The lowest BCUT2D eigenvalue weighted by Crippen LogP contribution is -2.23. The predicted molar refractivity (Wildman–Crippen MR) is 95.4 cm³/mol. The number of ether oxygens (including phenoxy) is 1. The van der Waals surface area contributed by atoms with Crippen LogP contribution in [0.15, 0.2) is 40.3 Å². The molecule has 0 aliphatic carbocycles. The third-order valence-corrected chi connectivity index (χ3v) is 3.90. The number of benzene rings is 1. The average Bonchev–Trinajstić information content (AvgIpc) is 2.60. The van der Waals surface area contributed by atoms with Gasteiger partial charge in [0.25, 0.3) is 5.56 Å². The van der Waals surface area contributed by atoms with Crippen LogP contribution in [0.1, 0.15) is 11.1 Å². The third-order valence-electron chi connectivity index (χ3n) is 3.14. The normalized spacial score (nSPS) is 12.1. The van der Waals surface area contributed by atoms with Crippen molar-refractivity contribution in [2.45, 2.75) is 6.18 Å². The van der Waals surface area contributed by atoms with Crippen LogP contribution in [0, 0.1) is 0 Å². The summed E-state index contributed by atoms with van der Waals surface area (Å²) in [4.78, 5) is 23.6. The van der Waals surface area contributed by atoms with Crippen molar-refractivity contribution in [2.24, 2.45) is 0 Å². The lowest BCUT2D eigenvalue weighted by molar-refractivity contribution is -0.138. The van der Waals surface area contributed by atoms with Crippen molar-refractivity contribution < 1.29 is 22.7 Å². The van der Waals surface area contributed by atoms with Gasteiger partial charge >= 0.3 is 12.1 Å². The number of hydrogen-bond donors (Lipinski definition) is 0. The summed E-state index contributed by atoms with van der Waals surface area (Å²) < 4.78 is 43.4.